The number of ether oxygens (including phenoxy) is 1. The van der Waals surface area contributed by atoms with Gasteiger partial charge >= 0.3 is 0 Å². The van der Waals surface area contributed by atoms with E-state index in [0.29, 0.717) is 0 Å². The molecule has 2 N–H and O–H groups in total. The zero-order valence-electron chi connectivity index (χ0n) is 17.8. The maximum atomic E-state index is 5.59. The molecule has 0 spiro atoms. The van der Waals surface area contributed by atoms with E-state index < -0.39 is 0 Å². The second-order valence-electron chi connectivity index (χ2n) is 8.23. The molecule has 0 aromatic heterocycles. The van der Waals surface area contributed by atoms with Crippen LogP contribution in [-0.4, -0.2) is 70.4 Å². The van der Waals surface area contributed by atoms with Crippen molar-refractivity contribution in [3.05, 3.63) is 29.8 Å². The Bertz CT molecular complexity index is 634. The van der Waals surface area contributed by atoms with Crippen LogP contribution in [0.3, 0.4) is 0 Å². The Balaban J connectivity index is 1.58. The predicted molar refractivity (Wildman–Crippen MR) is 117 cm³/mol. The third kappa shape index (κ3) is 5.39. The van der Waals surface area contributed by atoms with Crippen molar-refractivity contribution in [2.24, 2.45) is 4.99 Å². The molecule has 1 heterocycles. The number of anilines is 1. The second kappa shape index (κ2) is 10.1. The molecule has 0 unspecified atom stereocenters. The molecule has 1 saturated heterocycles. The number of benzene rings is 1. The van der Waals surface area contributed by atoms with Gasteiger partial charge in [0.05, 0.1) is 13.2 Å². The van der Waals surface area contributed by atoms with Gasteiger partial charge in [0.1, 0.15) is 0 Å². The topological polar surface area (TPSA) is 52.1 Å². The van der Waals surface area contributed by atoms with Crippen LogP contribution in [-0.2, 0) is 11.3 Å². The zero-order chi connectivity index (χ0) is 19.8. The smallest absolute Gasteiger partial charge is 0.191 e. The lowest BCUT2D eigenvalue weighted by atomic mass is 9.80. The molecule has 0 radical (unpaired) electrons. The Kier molecular flexibility index (Phi) is 7.57. The summed E-state index contributed by atoms with van der Waals surface area (Å²) in [7, 11) is 6.00. The summed E-state index contributed by atoms with van der Waals surface area (Å²) in [6, 6.07) is 8.62. The molecule has 6 nitrogen and oxygen atoms in total. The molecule has 1 aromatic rings. The van der Waals surface area contributed by atoms with Gasteiger partial charge < -0.3 is 20.3 Å². The van der Waals surface area contributed by atoms with Crippen molar-refractivity contribution < 1.29 is 4.74 Å². The summed E-state index contributed by atoms with van der Waals surface area (Å²) in [4.78, 5) is 9.26. The van der Waals surface area contributed by atoms with E-state index in [1.165, 1.54) is 43.4 Å². The van der Waals surface area contributed by atoms with E-state index in [1.54, 1.807) is 0 Å². The van der Waals surface area contributed by atoms with Gasteiger partial charge in [-0.15, -0.1) is 0 Å². The summed E-state index contributed by atoms with van der Waals surface area (Å²) in [6.07, 6.45) is 6.54. The summed E-state index contributed by atoms with van der Waals surface area (Å²) in [5, 5.41) is 7.12. The molecule has 28 heavy (non-hydrogen) atoms. The van der Waals surface area contributed by atoms with Crippen molar-refractivity contribution in [1.29, 1.82) is 0 Å². The number of aliphatic imine (C=N–C) groups is 1. The Morgan fingerprint density at radius 2 is 1.89 bits per heavy atom. The highest BCUT2D eigenvalue weighted by Crippen LogP contribution is 2.33. The highest BCUT2D eigenvalue weighted by molar-refractivity contribution is 5.79. The third-order valence-electron chi connectivity index (χ3n) is 6.16. The lowest BCUT2D eigenvalue weighted by Gasteiger charge is -2.48. The molecular formula is C22H37N5O. The summed E-state index contributed by atoms with van der Waals surface area (Å²) in [5.74, 6) is 0.883. The Morgan fingerprint density at radius 1 is 1.14 bits per heavy atom. The monoisotopic (exact) mass is 387 g/mol. The summed E-state index contributed by atoms with van der Waals surface area (Å²) in [5.41, 5.74) is 2.72. The number of hydrogen-bond donors (Lipinski definition) is 2. The summed E-state index contributed by atoms with van der Waals surface area (Å²) in [6.45, 7) is 5.53. The molecule has 1 saturated carbocycles. The number of guanidine groups is 1. The van der Waals surface area contributed by atoms with Gasteiger partial charge in [-0.3, -0.25) is 9.89 Å². The first-order valence-electron chi connectivity index (χ1n) is 10.7. The fourth-order valence-electron chi connectivity index (χ4n) is 4.45. The maximum absolute atomic E-state index is 5.59. The van der Waals surface area contributed by atoms with E-state index >= 15 is 0 Å². The molecule has 1 aromatic carbocycles. The van der Waals surface area contributed by atoms with Crippen LogP contribution < -0.4 is 15.5 Å². The molecule has 6 heteroatoms. The first kappa shape index (κ1) is 20.9. The minimum atomic E-state index is 0.241. The first-order valence-corrected chi connectivity index (χ1v) is 10.7. The Hall–Kier alpha value is -1.79. The molecule has 156 valence electrons. The summed E-state index contributed by atoms with van der Waals surface area (Å²) < 4.78 is 5.59. The van der Waals surface area contributed by atoms with Crippen molar-refractivity contribution in [2.45, 2.75) is 44.2 Å². The van der Waals surface area contributed by atoms with Gasteiger partial charge in [-0.2, -0.15) is 0 Å². The van der Waals surface area contributed by atoms with Crippen LogP contribution in [0.4, 0.5) is 5.69 Å². The van der Waals surface area contributed by atoms with Crippen LogP contribution in [0.5, 0.6) is 0 Å². The third-order valence-corrected chi connectivity index (χ3v) is 6.16. The number of hydrogen-bond acceptors (Lipinski definition) is 4. The minimum absolute atomic E-state index is 0.241. The van der Waals surface area contributed by atoms with Crippen molar-refractivity contribution in [3.63, 3.8) is 0 Å². The maximum Gasteiger partial charge on any atom is 0.191 e. The molecular weight excluding hydrogens is 350 g/mol. The lowest BCUT2D eigenvalue weighted by Crippen LogP contribution is -2.60. The van der Waals surface area contributed by atoms with Gasteiger partial charge in [0, 0.05) is 58.5 Å². The average molecular weight is 388 g/mol. The standard InChI is InChI=1S/C22H37N5O/c1-23-21(24-17-19-8-7-9-20(16-19)26(2)3)25-18-22(10-5-4-6-11-22)27-12-14-28-15-13-27/h7-9,16H,4-6,10-15,17-18H2,1-3H3,(H2,23,24,25). The lowest BCUT2D eigenvalue weighted by molar-refractivity contribution is -0.0352. The van der Waals surface area contributed by atoms with E-state index in [4.69, 9.17) is 4.74 Å². The second-order valence-corrected chi connectivity index (χ2v) is 8.23. The van der Waals surface area contributed by atoms with Gasteiger partial charge in [-0.25, -0.2) is 0 Å². The highest BCUT2D eigenvalue weighted by atomic mass is 16.5. The number of nitrogens with one attached hydrogen (secondary N) is 2. The fourth-order valence-corrected chi connectivity index (χ4v) is 4.45. The van der Waals surface area contributed by atoms with E-state index in [0.717, 1.165) is 45.4 Å². The van der Waals surface area contributed by atoms with E-state index in [2.05, 4.69) is 63.8 Å². The molecule has 1 aliphatic heterocycles. The van der Waals surface area contributed by atoms with Crippen LogP contribution in [0.25, 0.3) is 0 Å². The van der Waals surface area contributed by atoms with Crippen molar-refractivity contribution in [2.75, 3.05) is 58.9 Å². The Morgan fingerprint density at radius 3 is 2.57 bits per heavy atom. The zero-order valence-corrected chi connectivity index (χ0v) is 17.8. The van der Waals surface area contributed by atoms with E-state index in [-0.39, 0.29) is 5.54 Å². The molecule has 0 amide bonds. The quantitative estimate of drug-likeness (QED) is 0.580. The van der Waals surface area contributed by atoms with Crippen molar-refractivity contribution in [1.82, 2.24) is 15.5 Å². The van der Waals surface area contributed by atoms with Crippen LogP contribution in [0.15, 0.2) is 29.3 Å². The fraction of sp³-hybridized carbons (Fsp3) is 0.682. The predicted octanol–water partition coefficient (Wildman–Crippen LogP) is 2.45. The number of nitrogens with zero attached hydrogens (tertiary/aromatic N) is 3. The molecule has 2 fully saturated rings. The van der Waals surface area contributed by atoms with Gasteiger partial charge in [0.15, 0.2) is 5.96 Å². The minimum Gasteiger partial charge on any atom is -0.379 e. The molecule has 0 bridgehead atoms. The van der Waals surface area contributed by atoms with Gasteiger partial charge in [0.25, 0.3) is 0 Å². The summed E-state index contributed by atoms with van der Waals surface area (Å²) >= 11 is 0. The highest BCUT2D eigenvalue weighted by Gasteiger charge is 2.38. The van der Waals surface area contributed by atoms with Crippen molar-refractivity contribution in [3.8, 4) is 0 Å². The average Bonchev–Trinajstić information content (AvgIpc) is 2.75. The largest absolute Gasteiger partial charge is 0.379 e. The normalized spacial score (nSPS) is 20.6. The van der Waals surface area contributed by atoms with E-state index in [9.17, 15) is 0 Å². The number of morpholine rings is 1. The molecule has 1 aliphatic carbocycles. The molecule has 2 aliphatic rings. The van der Waals surface area contributed by atoms with Gasteiger partial charge in [-0.1, -0.05) is 31.4 Å². The van der Waals surface area contributed by atoms with E-state index in [1.807, 2.05) is 7.05 Å². The van der Waals surface area contributed by atoms with Crippen LogP contribution in [0.2, 0.25) is 0 Å². The van der Waals surface area contributed by atoms with Crippen LogP contribution in [0, 0.1) is 0 Å². The van der Waals surface area contributed by atoms with Crippen LogP contribution in [0.1, 0.15) is 37.7 Å². The van der Waals surface area contributed by atoms with Crippen LogP contribution >= 0.6 is 0 Å². The molecule has 3 rings (SSSR count). The Labute approximate surface area is 170 Å². The van der Waals surface area contributed by atoms with Crippen molar-refractivity contribution >= 4 is 11.6 Å². The first-order chi connectivity index (χ1) is 13.6. The van der Waals surface area contributed by atoms with Gasteiger partial charge in [0.2, 0.25) is 0 Å². The van der Waals surface area contributed by atoms with Gasteiger partial charge in [-0.05, 0) is 30.5 Å². The number of rotatable bonds is 6. The SMILES string of the molecule is CN=C(NCc1cccc(N(C)C)c1)NCC1(N2CCOCC2)CCCCC1. The molecule has 0 atom stereocenters.